The molecule has 0 atom stereocenters. The van der Waals surface area contributed by atoms with Crippen molar-refractivity contribution in [3.8, 4) is 0 Å². The Balaban J connectivity index is 1.39. The molecule has 6 heteroatoms. The normalized spacial score (nSPS) is 10.7. The van der Waals surface area contributed by atoms with Crippen LogP contribution in [0.5, 0.6) is 0 Å². The third kappa shape index (κ3) is 4.86. The fourth-order valence-corrected chi connectivity index (χ4v) is 2.87. The van der Waals surface area contributed by atoms with Crippen molar-refractivity contribution < 1.29 is 9.59 Å². The van der Waals surface area contributed by atoms with Gasteiger partial charge in [0.15, 0.2) is 0 Å². The van der Waals surface area contributed by atoms with Gasteiger partial charge in [0.2, 0.25) is 11.8 Å². The monoisotopic (exact) mass is 369 g/mol. The average molecular weight is 370 g/mol. The van der Waals surface area contributed by atoms with Crippen molar-refractivity contribution in [3.63, 3.8) is 0 Å². The first-order valence-corrected chi connectivity index (χ1v) is 8.82. The van der Waals surface area contributed by atoms with Gasteiger partial charge in [0.25, 0.3) is 0 Å². The van der Waals surface area contributed by atoms with Crippen molar-refractivity contribution in [1.29, 1.82) is 0 Å². The number of amides is 2. The highest BCUT2D eigenvalue weighted by Crippen LogP contribution is 2.17. The molecule has 0 radical (unpaired) electrons. The third-order valence-corrected chi connectivity index (χ3v) is 4.37. The van der Waals surface area contributed by atoms with Gasteiger partial charge in [0.05, 0.1) is 0 Å². The first-order chi connectivity index (χ1) is 12.6. The smallest absolute Gasteiger partial charge is 0.229 e. The van der Waals surface area contributed by atoms with Crippen LogP contribution in [0.3, 0.4) is 0 Å². The van der Waals surface area contributed by atoms with Gasteiger partial charge in [0, 0.05) is 35.2 Å². The van der Waals surface area contributed by atoms with E-state index in [2.05, 4.69) is 15.6 Å². The molecule has 0 spiro atoms. The van der Waals surface area contributed by atoms with Crippen LogP contribution in [0.4, 0.5) is 0 Å². The SMILES string of the molecule is O=C(CC(=O)NCc1ccc(Cl)cc1)NCCc1c[nH]c2ccccc12. The van der Waals surface area contributed by atoms with Gasteiger partial charge >= 0.3 is 0 Å². The van der Waals surface area contributed by atoms with Gasteiger partial charge in [-0.3, -0.25) is 9.59 Å². The van der Waals surface area contributed by atoms with Crippen LogP contribution < -0.4 is 10.6 Å². The maximum atomic E-state index is 11.9. The maximum absolute atomic E-state index is 11.9. The quantitative estimate of drug-likeness (QED) is 0.559. The van der Waals surface area contributed by atoms with Crippen LogP contribution in [-0.4, -0.2) is 23.3 Å². The van der Waals surface area contributed by atoms with Gasteiger partial charge in [-0.2, -0.15) is 0 Å². The lowest BCUT2D eigenvalue weighted by molar-refractivity contribution is -0.129. The summed E-state index contributed by atoms with van der Waals surface area (Å²) in [7, 11) is 0. The van der Waals surface area contributed by atoms with Gasteiger partial charge in [0.1, 0.15) is 6.42 Å². The molecule has 0 saturated heterocycles. The van der Waals surface area contributed by atoms with E-state index >= 15 is 0 Å². The van der Waals surface area contributed by atoms with Crippen LogP contribution in [-0.2, 0) is 22.6 Å². The number of aromatic amines is 1. The molecule has 3 rings (SSSR count). The number of hydrogen-bond donors (Lipinski definition) is 3. The molecule has 0 fully saturated rings. The van der Waals surface area contributed by atoms with Gasteiger partial charge in [-0.15, -0.1) is 0 Å². The molecule has 0 saturated carbocycles. The highest BCUT2D eigenvalue weighted by molar-refractivity contribution is 6.30. The number of hydrogen-bond acceptors (Lipinski definition) is 2. The topological polar surface area (TPSA) is 74.0 Å². The lowest BCUT2D eigenvalue weighted by atomic mass is 10.1. The molecule has 5 nitrogen and oxygen atoms in total. The summed E-state index contributed by atoms with van der Waals surface area (Å²) < 4.78 is 0. The Morgan fingerprint density at radius 2 is 1.69 bits per heavy atom. The number of para-hydroxylation sites is 1. The summed E-state index contributed by atoms with van der Waals surface area (Å²) in [6.07, 6.45) is 2.49. The summed E-state index contributed by atoms with van der Waals surface area (Å²) >= 11 is 5.82. The Bertz CT molecular complexity index is 903. The maximum Gasteiger partial charge on any atom is 0.229 e. The fraction of sp³-hybridized carbons (Fsp3) is 0.200. The number of carbonyl (C=O) groups excluding carboxylic acids is 2. The van der Waals surface area contributed by atoms with Crippen molar-refractivity contribution in [1.82, 2.24) is 15.6 Å². The first-order valence-electron chi connectivity index (χ1n) is 8.44. The van der Waals surface area contributed by atoms with Crippen molar-refractivity contribution in [2.45, 2.75) is 19.4 Å². The minimum atomic E-state index is -0.301. The van der Waals surface area contributed by atoms with E-state index in [9.17, 15) is 9.59 Å². The molecule has 2 amide bonds. The Hall–Kier alpha value is -2.79. The summed E-state index contributed by atoms with van der Waals surface area (Å²) in [6, 6.07) is 15.2. The van der Waals surface area contributed by atoms with E-state index in [4.69, 9.17) is 11.6 Å². The zero-order valence-electron chi connectivity index (χ0n) is 14.2. The summed E-state index contributed by atoms with van der Waals surface area (Å²) in [5.41, 5.74) is 3.16. The number of H-pyrrole nitrogens is 1. The van der Waals surface area contributed by atoms with E-state index in [1.54, 1.807) is 12.1 Å². The predicted octanol–water partition coefficient (Wildman–Crippen LogP) is 3.19. The Morgan fingerprint density at radius 1 is 0.962 bits per heavy atom. The van der Waals surface area contributed by atoms with E-state index in [1.807, 2.05) is 42.6 Å². The molecule has 0 aliphatic heterocycles. The molecule has 0 bridgehead atoms. The number of rotatable bonds is 7. The first kappa shape index (κ1) is 18.0. The van der Waals surface area contributed by atoms with Crippen molar-refractivity contribution in [2.24, 2.45) is 0 Å². The van der Waals surface area contributed by atoms with E-state index in [0.717, 1.165) is 22.0 Å². The fourth-order valence-electron chi connectivity index (χ4n) is 2.75. The zero-order chi connectivity index (χ0) is 18.4. The average Bonchev–Trinajstić information content (AvgIpc) is 3.04. The summed E-state index contributed by atoms with van der Waals surface area (Å²) in [4.78, 5) is 27.0. The van der Waals surface area contributed by atoms with Crippen molar-refractivity contribution in [3.05, 3.63) is 70.9 Å². The standard InChI is InChI=1S/C20H20ClN3O2/c21-16-7-5-14(6-8-16)12-24-20(26)11-19(25)22-10-9-15-13-23-18-4-2-1-3-17(15)18/h1-8,13,23H,9-12H2,(H,22,25)(H,24,26). The van der Waals surface area contributed by atoms with Crippen LogP contribution in [0.1, 0.15) is 17.5 Å². The van der Waals surface area contributed by atoms with Crippen LogP contribution in [0.2, 0.25) is 5.02 Å². The third-order valence-electron chi connectivity index (χ3n) is 4.12. The highest BCUT2D eigenvalue weighted by Gasteiger charge is 2.09. The van der Waals surface area contributed by atoms with E-state index in [1.165, 1.54) is 0 Å². The molecule has 2 aromatic carbocycles. The molecule has 134 valence electrons. The van der Waals surface area contributed by atoms with Gasteiger partial charge in [-0.05, 0) is 35.7 Å². The minimum Gasteiger partial charge on any atom is -0.361 e. The van der Waals surface area contributed by atoms with Crippen LogP contribution >= 0.6 is 11.6 Å². The molecule has 1 heterocycles. The largest absolute Gasteiger partial charge is 0.361 e. The number of halogens is 1. The molecule has 0 unspecified atom stereocenters. The predicted molar refractivity (Wildman–Crippen MR) is 103 cm³/mol. The number of aromatic nitrogens is 1. The molecular formula is C20H20ClN3O2. The number of benzene rings is 2. The lowest BCUT2D eigenvalue weighted by Crippen LogP contribution is -2.32. The van der Waals surface area contributed by atoms with Gasteiger partial charge in [-0.25, -0.2) is 0 Å². The number of fused-ring (bicyclic) bond motifs is 1. The van der Waals surface area contributed by atoms with E-state index in [0.29, 0.717) is 24.5 Å². The van der Waals surface area contributed by atoms with Gasteiger partial charge < -0.3 is 15.6 Å². The Morgan fingerprint density at radius 3 is 2.50 bits per heavy atom. The second kappa shape index (κ2) is 8.54. The number of nitrogens with one attached hydrogen (secondary N) is 3. The minimum absolute atomic E-state index is 0.179. The second-order valence-electron chi connectivity index (χ2n) is 6.04. The highest BCUT2D eigenvalue weighted by atomic mass is 35.5. The number of carbonyl (C=O) groups is 2. The van der Waals surface area contributed by atoms with Crippen molar-refractivity contribution in [2.75, 3.05) is 6.54 Å². The van der Waals surface area contributed by atoms with E-state index in [-0.39, 0.29) is 18.2 Å². The van der Waals surface area contributed by atoms with E-state index < -0.39 is 0 Å². The zero-order valence-corrected chi connectivity index (χ0v) is 15.0. The molecular weight excluding hydrogens is 350 g/mol. The molecule has 0 aliphatic carbocycles. The molecule has 0 aliphatic rings. The lowest BCUT2D eigenvalue weighted by Gasteiger charge is -2.07. The molecule has 3 aromatic rings. The molecule has 1 aromatic heterocycles. The summed E-state index contributed by atoms with van der Waals surface area (Å²) in [5.74, 6) is -0.581. The van der Waals surface area contributed by atoms with Crippen LogP contribution in [0, 0.1) is 0 Å². The van der Waals surface area contributed by atoms with Crippen LogP contribution in [0.15, 0.2) is 54.7 Å². The molecule has 3 N–H and O–H groups in total. The summed E-state index contributed by atoms with van der Waals surface area (Å²) in [5, 5.41) is 7.32. The summed E-state index contributed by atoms with van der Waals surface area (Å²) in [6.45, 7) is 0.865. The molecule has 26 heavy (non-hydrogen) atoms. The Labute approximate surface area is 156 Å². The van der Waals surface area contributed by atoms with Crippen molar-refractivity contribution >= 4 is 34.3 Å². The van der Waals surface area contributed by atoms with Crippen LogP contribution in [0.25, 0.3) is 10.9 Å². The second-order valence-corrected chi connectivity index (χ2v) is 6.48. The van der Waals surface area contributed by atoms with Gasteiger partial charge in [-0.1, -0.05) is 41.9 Å². The Kier molecular flexibility index (Phi) is 5.92.